The molecule has 0 spiro atoms. The summed E-state index contributed by atoms with van der Waals surface area (Å²) in [7, 11) is 0. The fourth-order valence-electron chi connectivity index (χ4n) is 2.35. The van der Waals surface area contributed by atoms with E-state index in [0.717, 1.165) is 6.42 Å². The predicted octanol–water partition coefficient (Wildman–Crippen LogP) is -0.242. The third-order valence-electron chi connectivity index (χ3n) is 3.48. The van der Waals surface area contributed by atoms with Crippen LogP contribution < -0.4 is 5.32 Å². The van der Waals surface area contributed by atoms with E-state index < -0.39 is 0 Å². The first-order valence-electron chi connectivity index (χ1n) is 5.81. The summed E-state index contributed by atoms with van der Waals surface area (Å²) < 4.78 is 5.39. The standard InChI is InChI=1S/C11H18N2O3/c1-7-10(14)12-4-5-13(7)11(15)9-3-6-16-8(9)2/h7-9H,3-6H2,1-2H3,(H,12,14). The number of rotatable bonds is 1. The van der Waals surface area contributed by atoms with Crippen LogP contribution in [0.15, 0.2) is 0 Å². The molecule has 2 rings (SSSR count). The van der Waals surface area contributed by atoms with E-state index in [9.17, 15) is 9.59 Å². The van der Waals surface area contributed by atoms with Crippen molar-refractivity contribution in [1.29, 1.82) is 0 Å². The normalized spacial score (nSPS) is 35.0. The lowest BCUT2D eigenvalue weighted by Gasteiger charge is -2.35. The van der Waals surface area contributed by atoms with Crippen LogP contribution in [-0.4, -0.2) is 48.6 Å². The Bertz CT molecular complexity index is 306. The van der Waals surface area contributed by atoms with E-state index in [1.165, 1.54) is 0 Å². The maximum atomic E-state index is 12.2. The number of ether oxygens (including phenoxy) is 1. The molecule has 0 aromatic rings. The van der Waals surface area contributed by atoms with E-state index in [2.05, 4.69) is 5.32 Å². The van der Waals surface area contributed by atoms with Gasteiger partial charge in [-0.1, -0.05) is 0 Å². The SMILES string of the molecule is CC1OCCC1C(=O)N1CCNC(=O)C1C. The molecule has 3 unspecified atom stereocenters. The number of nitrogens with zero attached hydrogens (tertiary/aromatic N) is 1. The molecular formula is C11H18N2O3. The van der Waals surface area contributed by atoms with Crippen molar-refractivity contribution in [2.24, 2.45) is 5.92 Å². The molecule has 0 saturated carbocycles. The number of hydrogen-bond donors (Lipinski definition) is 1. The van der Waals surface area contributed by atoms with Gasteiger partial charge in [0.2, 0.25) is 11.8 Å². The molecule has 2 heterocycles. The quantitative estimate of drug-likeness (QED) is 0.671. The molecule has 90 valence electrons. The second kappa shape index (κ2) is 4.41. The summed E-state index contributed by atoms with van der Waals surface area (Å²) in [6.45, 7) is 5.49. The van der Waals surface area contributed by atoms with Crippen molar-refractivity contribution < 1.29 is 14.3 Å². The van der Waals surface area contributed by atoms with E-state index in [1.807, 2.05) is 6.92 Å². The van der Waals surface area contributed by atoms with Crippen molar-refractivity contribution in [3.63, 3.8) is 0 Å². The Hall–Kier alpha value is -1.10. The van der Waals surface area contributed by atoms with Crippen LogP contribution in [0.3, 0.4) is 0 Å². The molecule has 0 radical (unpaired) electrons. The number of carbonyl (C=O) groups is 2. The summed E-state index contributed by atoms with van der Waals surface area (Å²) in [5.74, 6) is -0.0770. The summed E-state index contributed by atoms with van der Waals surface area (Å²) >= 11 is 0. The van der Waals surface area contributed by atoms with Gasteiger partial charge in [-0.15, -0.1) is 0 Å². The van der Waals surface area contributed by atoms with Gasteiger partial charge in [0.1, 0.15) is 6.04 Å². The smallest absolute Gasteiger partial charge is 0.242 e. The first kappa shape index (κ1) is 11.4. The maximum absolute atomic E-state index is 12.2. The van der Waals surface area contributed by atoms with Crippen LogP contribution in [-0.2, 0) is 14.3 Å². The second-order valence-electron chi connectivity index (χ2n) is 4.47. The van der Waals surface area contributed by atoms with E-state index in [0.29, 0.717) is 19.7 Å². The average molecular weight is 226 g/mol. The van der Waals surface area contributed by atoms with E-state index >= 15 is 0 Å². The molecule has 2 amide bonds. The van der Waals surface area contributed by atoms with Crippen molar-refractivity contribution in [2.75, 3.05) is 19.7 Å². The monoisotopic (exact) mass is 226 g/mol. The van der Waals surface area contributed by atoms with Crippen LogP contribution in [0, 0.1) is 5.92 Å². The lowest BCUT2D eigenvalue weighted by molar-refractivity contribution is -0.146. The third-order valence-corrected chi connectivity index (χ3v) is 3.48. The van der Waals surface area contributed by atoms with Gasteiger partial charge < -0.3 is 15.0 Å². The Morgan fingerprint density at radius 1 is 1.50 bits per heavy atom. The Morgan fingerprint density at radius 2 is 2.25 bits per heavy atom. The summed E-state index contributed by atoms with van der Waals surface area (Å²) in [6, 6.07) is -0.353. The lowest BCUT2D eigenvalue weighted by Crippen LogP contribution is -2.57. The highest BCUT2D eigenvalue weighted by Gasteiger charge is 2.38. The highest BCUT2D eigenvalue weighted by atomic mass is 16.5. The van der Waals surface area contributed by atoms with Gasteiger partial charge in [0.15, 0.2) is 0 Å². The highest BCUT2D eigenvalue weighted by molar-refractivity contribution is 5.89. The molecule has 1 N–H and O–H groups in total. The van der Waals surface area contributed by atoms with Gasteiger partial charge in [-0.05, 0) is 20.3 Å². The molecular weight excluding hydrogens is 208 g/mol. The maximum Gasteiger partial charge on any atom is 0.242 e. The molecule has 5 nitrogen and oxygen atoms in total. The van der Waals surface area contributed by atoms with Gasteiger partial charge in [-0.3, -0.25) is 9.59 Å². The minimum atomic E-state index is -0.353. The van der Waals surface area contributed by atoms with Crippen LogP contribution in [0.1, 0.15) is 20.3 Å². The van der Waals surface area contributed by atoms with Crippen LogP contribution >= 0.6 is 0 Å². The summed E-state index contributed by atoms with van der Waals surface area (Å²) in [4.78, 5) is 25.4. The number of carbonyl (C=O) groups excluding carboxylic acids is 2. The fourth-order valence-corrected chi connectivity index (χ4v) is 2.35. The van der Waals surface area contributed by atoms with Crippen LogP contribution in [0.2, 0.25) is 0 Å². The summed E-state index contributed by atoms with van der Waals surface area (Å²) in [6.07, 6.45) is 0.745. The van der Waals surface area contributed by atoms with E-state index in [-0.39, 0.29) is 29.9 Å². The van der Waals surface area contributed by atoms with Gasteiger partial charge in [-0.25, -0.2) is 0 Å². The van der Waals surface area contributed by atoms with Gasteiger partial charge in [0.25, 0.3) is 0 Å². The topological polar surface area (TPSA) is 58.6 Å². The van der Waals surface area contributed by atoms with Crippen LogP contribution in [0.5, 0.6) is 0 Å². The second-order valence-corrected chi connectivity index (χ2v) is 4.47. The molecule has 2 aliphatic rings. The van der Waals surface area contributed by atoms with Gasteiger partial charge in [0.05, 0.1) is 12.0 Å². The van der Waals surface area contributed by atoms with Crippen molar-refractivity contribution in [3.8, 4) is 0 Å². The molecule has 0 aromatic carbocycles. The zero-order chi connectivity index (χ0) is 11.7. The summed E-state index contributed by atoms with van der Waals surface area (Å²) in [5, 5.41) is 2.75. The zero-order valence-corrected chi connectivity index (χ0v) is 9.73. The number of piperazine rings is 1. The molecule has 0 bridgehead atoms. The average Bonchev–Trinajstić information content (AvgIpc) is 2.68. The number of hydrogen-bond acceptors (Lipinski definition) is 3. The van der Waals surface area contributed by atoms with Crippen molar-refractivity contribution >= 4 is 11.8 Å². The number of amides is 2. The first-order chi connectivity index (χ1) is 7.61. The largest absolute Gasteiger partial charge is 0.378 e. The van der Waals surface area contributed by atoms with Crippen molar-refractivity contribution in [2.45, 2.75) is 32.4 Å². The fraction of sp³-hybridized carbons (Fsp3) is 0.818. The molecule has 16 heavy (non-hydrogen) atoms. The molecule has 0 aromatic heterocycles. The lowest BCUT2D eigenvalue weighted by atomic mass is 9.99. The molecule has 0 aliphatic carbocycles. The van der Waals surface area contributed by atoms with Gasteiger partial charge in [0, 0.05) is 19.7 Å². The molecule has 5 heteroatoms. The van der Waals surface area contributed by atoms with E-state index in [4.69, 9.17) is 4.74 Å². The van der Waals surface area contributed by atoms with Crippen molar-refractivity contribution in [3.05, 3.63) is 0 Å². The molecule has 2 aliphatic heterocycles. The minimum Gasteiger partial charge on any atom is -0.378 e. The molecule has 3 atom stereocenters. The Labute approximate surface area is 95.1 Å². The Kier molecular flexibility index (Phi) is 3.14. The van der Waals surface area contributed by atoms with Crippen molar-refractivity contribution in [1.82, 2.24) is 10.2 Å². The minimum absolute atomic E-state index is 0.0234. The Morgan fingerprint density at radius 3 is 2.88 bits per heavy atom. The summed E-state index contributed by atoms with van der Waals surface area (Å²) in [5.41, 5.74) is 0. The zero-order valence-electron chi connectivity index (χ0n) is 9.73. The van der Waals surface area contributed by atoms with Crippen LogP contribution in [0.4, 0.5) is 0 Å². The van der Waals surface area contributed by atoms with Crippen LogP contribution in [0.25, 0.3) is 0 Å². The first-order valence-corrected chi connectivity index (χ1v) is 5.81. The van der Waals surface area contributed by atoms with Gasteiger partial charge in [-0.2, -0.15) is 0 Å². The predicted molar refractivity (Wildman–Crippen MR) is 57.7 cm³/mol. The van der Waals surface area contributed by atoms with Gasteiger partial charge >= 0.3 is 0 Å². The molecule has 2 saturated heterocycles. The Balaban J connectivity index is 2.05. The van der Waals surface area contributed by atoms with E-state index in [1.54, 1.807) is 11.8 Å². The third kappa shape index (κ3) is 1.91. The number of nitrogens with one attached hydrogen (secondary N) is 1. The highest BCUT2D eigenvalue weighted by Crippen LogP contribution is 2.24. The molecule has 2 fully saturated rings.